The molecule has 3 nitrogen and oxygen atoms in total. The predicted octanol–water partition coefficient (Wildman–Crippen LogP) is 1.55. The van der Waals surface area contributed by atoms with Crippen molar-refractivity contribution in [2.75, 3.05) is 0 Å². The number of ether oxygens (including phenoxy) is 1. The SMILES string of the molecule is CCCC(N)Oc1ccccn1. The molecule has 0 fully saturated rings. The van der Waals surface area contributed by atoms with Gasteiger partial charge in [-0.3, -0.25) is 5.73 Å². The summed E-state index contributed by atoms with van der Waals surface area (Å²) < 4.78 is 5.32. The quantitative estimate of drug-likeness (QED) is 0.690. The van der Waals surface area contributed by atoms with Gasteiger partial charge in [0.25, 0.3) is 0 Å². The molecule has 3 heteroatoms. The zero-order valence-corrected chi connectivity index (χ0v) is 7.23. The van der Waals surface area contributed by atoms with Crippen molar-refractivity contribution in [2.45, 2.75) is 26.0 Å². The lowest BCUT2D eigenvalue weighted by atomic mass is 10.3. The van der Waals surface area contributed by atoms with E-state index in [4.69, 9.17) is 10.5 Å². The Morgan fingerprint density at radius 2 is 2.42 bits per heavy atom. The Labute approximate surface area is 72.6 Å². The van der Waals surface area contributed by atoms with Crippen LogP contribution in [0.2, 0.25) is 0 Å². The molecule has 1 aromatic heterocycles. The van der Waals surface area contributed by atoms with E-state index in [1.807, 2.05) is 12.1 Å². The monoisotopic (exact) mass is 166 g/mol. The lowest BCUT2D eigenvalue weighted by Crippen LogP contribution is -2.26. The van der Waals surface area contributed by atoms with Crippen LogP contribution in [0.4, 0.5) is 0 Å². The molecule has 0 saturated carbocycles. The van der Waals surface area contributed by atoms with E-state index >= 15 is 0 Å². The van der Waals surface area contributed by atoms with Crippen LogP contribution in [0.1, 0.15) is 19.8 Å². The zero-order valence-electron chi connectivity index (χ0n) is 7.23. The molecule has 12 heavy (non-hydrogen) atoms. The van der Waals surface area contributed by atoms with Crippen LogP contribution < -0.4 is 10.5 Å². The first kappa shape index (κ1) is 9.00. The van der Waals surface area contributed by atoms with Crippen LogP contribution in [0.3, 0.4) is 0 Å². The summed E-state index contributed by atoms with van der Waals surface area (Å²) in [6, 6.07) is 5.52. The third-order valence-corrected chi connectivity index (χ3v) is 1.48. The van der Waals surface area contributed by atoms with Crippen LogP contribution in [0, 0.1) is 0 Å². The number of hydrogen-bond acceptors (Lipinski definition) is 3. The van der Waals surface area contributed by atoms with Crippen molar-refractivity contribution in [1.82, 2.24) is 4.98 Å². The van der Waals surface area contributed by atoms with Gasteiger partial charge in [-0.15, -0.1) is 0 Å². The van der Waals surface area contributed by atoms with Crippen LogP contribution in [0.5, 0.6) is 5.88 Å². The van der Waals surface area contributed by atoms with Crippen molar-refractivity contribution in [1.29, 1.82) is 0 Å². The van der Waals surface area contributed by atoms with Crippen molar-refractivity contribution in [3.63, 3.8) is 0 Å². The fourth-order valence-electron chi connectivity index (χ4n) is 0.915. The first-order chi connectivity index (χ1) is 5.83. The second-order valence-electron chi connectivity index (χ2n) is 2.61. The first-order valence-corrected chi connectivity index (χ1v) is 4.16. The minimum atomic E-state index is -0.232. The average molecular weight is 166 g/mol. The second kappa shape index (κ2) is 4.72. The molecule has 0 saturated heterocycles. The molecule has 0 spiro atoms. The summed E-state index contributed by atoms with van der Waals surface area (Å²) in [6.45, 7) is 2.07. The van der Waals surface area contributed by atoms with Gasteiger partial charge < -0.3 is 4.74 Å². The first-order valence-electron chi connectivity index (χ1n) is 4.16. The number of nitrogens with two attached hydrogens (primary N) is 1. The van der Waals surface area contributed by atoms with Gasteiger partial charge in [-0.05, 0) is 12.5 Å². The number of rotatable bonds is 4. The Morgan fingerprint density at radius 1 is 1.58 bits per heavy atom. The molecule has 0 aromatic carbocycles. The molecule has 1 rings (SSSR count). The summed E-state index contributed by atoms with van der Waals surface area (Å²) >= 11 is 0. The molecule has 1 heterocycles. The predicted molar refractivity (Wildman–Crippen MR) is 47.7 cm³/mol. The van der Waals surface area contributed by atoms with Crippen LogP contribution >= 0.6 is 0 Å². The molecule has 0 bridgehead atoms. The van der Waals surface area contributed by atoms with Gasteiger partial charge >= 0.3 is 0 Å². The van der Waals surface area contributed by atoms with E-state index in [2.05, 4.69) is 11.9 Å². The van der Waals surface area contributed by atoms with Crippen molar-refractivity contribution >= 4 is 0 Å². The third-order valence-electron chi connectivity index (χ3n) is 1.48. The van der Waals surface area contributed by atoms with E-state index in [1.165, 1.54) is 0 Å². The lowest BCUT2D eigenvalue weighted by molar-refractivity contribution is 0.189. The topological polar surface area (TPSA) is 48.1 Å². The maximum Gasteiger partial charge on any atom is 0.214 e. The van der Waals surface area contributed by atoms with E-state index in [0.29, 0.717) is 5.88 Å². The van der Waals surface area contributed by atoms with Crippen LogP contribution in [-0.4, -0.2) is 11.2 Å². The van der Waals surface area contributed by atoms with Crippen molar-refractivity contribution in [3.8, 4) is 5.88 Å². The van der Waals surface area contributed by atoms with E-state index in [1.54, 1.807) is 12.3 Å². The highest BCUT2D eigenvalue weighted by Gasteiger charge is 2.01. The van der Waals surface area contributed by atoms with Gasteiger partial charge in [0, 0.05) is 12.3 Å². The number of hydrogen-bond donors (Lipinski definition) is 1. The smallest absolute Gasteiger partial charge is 0.214 e. The van der Waals surface area contributed by atoms with Gasteiger partial charge in [0.1, 0.15) is 6.23 Å². The number of nitrogens with zero attached hydrogens (tertiary/aromatic N) is 1. The fraction of sp³-hybridized carbons (Fsp3) is 0.444. The lowest BCUT2D eigenvalue weighted by Gasteiger charge is -2.11. The molecule has 0 aliphatic carbocycles. The average Bonchev–Trinajstić information content (AvgIpc) is 2.06. The van der Waals surface area contributed by atoms with Gasteiger partial charge in [0.05, 0.1) is 0 Å². The second-order valence-corrected chi connectivity index (χ2v) is 2.61. The minimum Gasteiger partial charge on any atom is -0.459 e. The van der Waals surface area contributed by atoms with E-state index in [0.717, 1.165) is 12.8 Å². The molecule has 0 aliphatic heterocycles. The highest BCUT2D eigenvalue weighted by molar-refractivity contribution is 5.09. The molecule has 1 unspecified atom stereocenters. The molecule has 1 aromatic rings. The van der Waals surface area contributed by atoms with E-state index in [-0.39, 0.29) is 6.23 Å². The summed E-state index contributed by atoms with van der Waals surface area (Å²) in [5, 5.41) is 0. The van der Waals surface area contributed by atoms with Crippen molar-refractivity contribution in [3.05, 3.63) is 24.4 Å². The Morgan fingerprint density at radius 3 is 3.00 bits per heavy atom. The van der Waals surface area contributed by atoms with Gasteiger partial charge in [-0.25, -0.2) is 4.98 Å². The normalized spacial score (nSPS) is 12.5. The van der Waals surface area contributed by atoms with E-state index < -0.39 is 0 Å². The number of aromatic nitrogens is 1. The Hall–Kier alpha value is -1.09. The van der Waals surface area contributed by atoms with Crippen LogP contribution in [0.15, 0.2) is 24.4 Å². The van der Waals surface area contributed by atoms with Crippen molar-refractivity contribution < 1.29 is 4.74 Å². The summed E-state index contributed by atoms with van der Waals surface area (Å²) in [7, 11) is 0. The Bertz CT molecular complexity index is 213. The summed E-state index contributed by atoms with van der Waals surface area (Å²) in [4.78, 5) is 4.00. The van der Waals surface area contributed by atoms with Gasteiger partial charge in [0.2, 0.25) is 5.88 Å². The maximum absolute atomic E-state index is 5.65. The highest BCUT2D eigenvalue weighted by Crippen LogP contribution is 2.06. The zero-order chi connectivity index (χ0) is 8.81. The molecule has 0 radical (unpaired) electrons. The highest BCUT2D eigenvalue weighted by atomic mass is 16.5. The van der Waals surface area contributed by atoms with Crippen LogP contribution in [-0.2, 0) is 0 Å². The largest absolute Gasteiger partial charge is 0.459 e. The minimum absolute atomic E-state index is 0.232. The summed E-state index contributed by atoms with van der Waals surface area (Å²) in [5.41, 5.74) is 5.65. The molecule has 1 atom stereocenters. The summed E-state index contributed by atoms with van der Waals surface area (Å²) in [5.74, 6) is 0.596. The van der Waals surface area contributed by atoms with Gasteiger partial charge in [0.15, 0.2) is 0 Å². The molecule has 0 amide bonds. The molecule has 0 aliphatic rings. The molecular weight excluding hydrogens is 152 g/mol. The summed E-state index contributed by atoms with van der Waals surface area (Å²) in [6.07, 6.45) is 3.34. The van der Waals surface area contributed by atoms with E-state index in [9.17, 15) is 0 Å². The van der Waals surface area contributed by atoms with Gasteiger partial charge in [-0.1, -0.05) is 19.4 Å². The molecule has 66 valence electrons. The molecule has 2 N–H and O–H groups in total. The van der Waals surface area contributed by atoms with Gasteiger partial charge in [-0.2, -0.15) is 0 Å². The fourth-order valence-corrected chi connectivity index (χ4v) is 0.915. The maximum atomic E-state index is 5.65. The van der Waals surface area contributed by atoms with Crippen LogP contribution in [0.25, 0.3) is 0 Å². The number of pyridine rings is 1. The third kappa shape index (κ3) is 2.88. The Balaban J connectivity index is 2.41. The molecular formula is C9H14N2O. The van der Waals surface area contributed by atoms with Crippen molar-refractivity contribution in [2.24, 2.45) is 5.73 Å². The Kier molecular flexibility index (Phi) is 3.54. The standard InChI is InChI=1S/C9H14N2O/c1-2-5-8(10)12-9-6-3-4-7-11-9/h3-4,6-8H,2,5,10H2,1H3.